The topological polar surface area (TPSA) is 98.7 Å². The number of likely N-dealkylation sites (tertiary alicyclic amines) is 1. The van der Waals surface area contributed by atoms with Crippen molar-refractivity contribution in [1.82, 2.24) is 9.62 Å². The third-order valence-corrected chi connectivity index (χ3v) is 9.79. The van der Waals surface area contributed by atoms with Gasteiger partial charge in [-0.05, 0) is 71.6 Å². The predicted octanol–water partition coefficient (Wildman–Crippen LogP) is 7.21. The largest absolute Gasteiger partial charge is 0.573 e. The van der Waals surface area contributed by atoms with Crippen LogP contribution < -0.4 is 18.9 Å². The molecule has 0 aliphatic carbocycles. The fourth-order valence-electron chi connectivity index (χ4n) is 5.32. The second-order valence-corrected chi connectivity index (χ2v) is 12.9. The van der Waals surface area contributed by atoms with Gasteiger partial charge in [-0.3, -0.25) is 0 Å². The van der Waals surface area contributed by atoms with Crippen LogP contribution >= 0.6 is 0 Å². The van der Waals surface area contributed by atoms with Gasteiger partial charge in [0.1, 0.15) is 28.1 Å². The first-order valence-electron chi connectivity index (χ1n) is 14.7. The van der Waals surface area contributed by atoms with Crippen molar-refractivity contribution in [3.63, 3.8) is 0 Å². The zero-order chi connectivity index (χ0) is 34.4. The van der Waals surface area contributed by atoms with Gasteiger partial charge in [0.2, 0.25) is 0 Å². The third-order valence-electron chi connectivity index (χ3n) is 7.72. The molecule has 0 bridgehead atoms. The first-order chi connectivity index (χ1) is 22.9. The number of nitrogens with one attached hydrogen (secondary N) is 1. The molecule has 2 unspecified atom stereocenters. The second kappa shape index (κ2) is 14.5. The zero-order valence-corrected chi connectivity index (χ0v) is 26.9. The molecule has 0 spiro atoms. The Hall–Kier alpha value is -4.82. The highest BCUT2D eigenvalue weighted by molar-refractivity contribution is 7.91. The minimum absolute atomic E-state index is 0.0234. The van der Waals surface area contributed by atoms with Crippen molar-refractivity contribution in [3.8, 4) is 17.2 Å². The third kappa shape index (κ3) is 8.36. The Morgan fingerprint density at radius 2 is 1.60 bits per heavy atom. The number of rotatable bonds is 11. The summed E-state index contributed by atoms with van der Waals surface area (Å²) in [5.74, 6) is -0.109. The van der Waals surface area contributed by atoms with Gasteiger partial charge in [-0.25, -0.2) is 22.5 Å². The summed E-state index contributed by atoms with van der Waals surface area (Å²) in [6, 6.07) is 24.3. The summed E-state index contributed by atoms with van der Waals surface area (Å²) >= 11 is 0. The molecular weight excluding hydrogens is 654 g/mol. The number of nitrogens with zero attached hydrogens (tertiary/aromatic N) is 2. The van der Waals surface area contributed by atoms with Gasteiger partial charge in [-0.1, -0.05) is 48.5 Å². The molecule has 0 radical (unpaired) electrons. The Labute approximate surface area is 275 Å². The lowest BCUT2D eigenvalue weighted by Gasteiger charge is -2.32. The fourth-order valence-corrected chi connectivity index (χ4v) is 7.31. The summed E-state index contributed by atoms with van der Waals surface area (Å²) in [6.07, 6.45) is -5.29. The molecule has 0 aromatic heterocycles. The van der Waals surface area contributed by atoms with Gasteiger partial charge in [0.25, 0.3) is 0 Å². The quantitative estimate of drug-likeness (QED) is 0.167. The van der Waals surface area contributed by atoms with Crippen molar-refractivity contribution in [2.75, 3.05) is 27.3 Å². The molecule has 9 nitrogen and oxygen atoms in total. The van der Waals surface area contributed by atoms with Crippen LogP contribution in [0.1, 0.15) is 23.1 Å². The van der Waals surface area contributed by atoms with E-state index >= 15 is 4.21 Å². The molecule has 48 heavy (non-hydrogen) atoms. The Balaban J connectivity index is 1.52. The number of benzene rings is 4. The first kappa shape index (κ1) is 34.5. The molecule has 0 saturated carbocycles. The molecule has 254 valence electrons. The Morgan fingerprint density at radius 3 is 2.25 bits per heavy atom. The van der Waals surface area contributed by atoms with Crippen molar-refractivity contribution >= 4 is 16.0 Å². The number of carbonyl (C=O) groups is 1. The Kier molecular flexibility index (Phi) is 10.4. The van der Waals surface area contributed by atoms with Gasteiger partial charge in [-0.15, -0.1) is 13.2 Å². The molecule has 1 aliphatic heterocycles. The summed E-state index contributed by atoms with van der Waals surface area (Å²) in [5.41, 5.74) is 0.697. The van der Waals surface area contributed by atoms with E-state index in [1.165, 1.54) is 55.5 Å². The van der Waals surface area contributed by atoms with Crippen molar-refractivity contribution in [2.45, 2.75) is 36.4 Å². The number of methoxy groups -OCH3 is 2. The normalized spacial score (nSPS) is 17.3. The van der Waals surface area contributed by atoms with E-state index in [-0.39, 0.29) is 37.6 Å². The maximum atomic E-state index is 15.0. The zero-order valence-electron chi connectivity index (χ0n) is 26.0. The molecule has 1 heterocycles. The van der Waals surface area contributed by atoms with E-state index in [9.17, 15) is 22.4 Å². The minimum atomic E-state index is -4.92. The molecule has 1 fully saturated rings. The number of ether oxygens (including phenoxy) is 4. The maximum Gasteiger partial charge on any atom is 0.573 e. The molecule has 4 aromatic rings. The molecule has 1 aliphatic rings. The van der Waals surface area contributed by atoms with Gasteiger partial charge >= 0.3 is 12.5 Å². The molecule has 4 aromatic carbocycles. The van der Waals surface area contributed by atoms with E-state index in [0.717, 1.165) is 17.7 Å². The van der Waals surface area contributed by atoms with Crippen molar-refractivity contribution in [3.05, 3.63) is 120 Å². The van der Waals surface area contributed by atoms with Crippen LogP contribution in [0.4, 0.5) is 22.4 Å². The average Bonchev–Trinajstić information content (AvgIpc) is 3.51. The van der Waals surface area contributed by atoms with E-state index in [2.05, 4.69) is 13.8 Å². The number of alkyl halides is 3. The standard InChI is InChI=1S/C34H33F4N3O6S/c1-44-30-17-8-25(20-31(30)45-2)21-39-48(43,29-15-13-28(14-16-29)47-34(36,37)38)40-33(26-9-11-27(35)12-10-26)18-19-41(23-33)32(42)46-22-24-6-4-3-5-7-24/h3-17,20H,18-19,21-23H2,1-2H3,(H,39,40,43). The number of hydrogen-bond donors (Lipinski definition) is 1. The van der Waals surface area contributed by atoms with E-state index in [1.54, 1.807) is 18.2 Å². The first-order valence-corrected chi connectivity index (χ1v) is 16.2. The number of hydrogen-bond acceptors (Lipinski definition) is 7. The van der Waals surface area contributed by atoms with Gasteiger partial charge in [-0.2, -0.15) is 0 Å². The van der Waals surface area contributed by atoms with Gasteiger partial charge in [0.05, 0.1) is 31.2 Å². The SMILES string of the molecule is COc1ccc(CN=S(=O)(NC2(c3ccc(F)cc3)CCN(C(=O)OCc3ccccc3)C2)c2ccc(OC(F)(F)F)cc2)cc1OC. The number of amides is 1. The number of halogens is 4. The van der Waals surface area contributed by atoms with E-state index in [0.29, 0.717) is 22.6 Å². The molecule has 5 rings (SSSR count). The van der Waals surface area contributed by atoms with Crippen LogP contribution in [0.3, 0.4) is 0 Å². The van der Waals surface area contributed by atoms with Crippen LogP contribution in [0.25, 0.3) is 0 Å². The van der Waals surface area contributed by atoms with E-state index < -0.39 is 39.5 Å². The molecule has 1 amide bonds. The Morgan fingerprint density at radius 1 is 0.917 bits per heavy atom. The van der Waals surface area contributed by atoms with Crippen LogP contribution in [-0.4, -0.2) is 48.9 Å². The molecule has 1 N–H and O–H groups in total. The summed E-state index contributed by atoms with van der Waals surface area (Å²) in [4.78, 5) is 14.7. The van der Waals surface area contributed by atoms with E-state index in [4.69, 9.17) is 14.2 Å². The van der Waals surface area contributed by atoms with Gasteiger partial charge in [0.15, 0.2) is 11.5 Å². The predicted molar refractivity (Wildman–Crippen MR) is 169 cm³/mol. The summed E-state index contributed by atoms with van der Waals surface area (Å²) in [7, 11) is -0.715. The van der Waals surface area contributed by atoms with Crippen molar-refractivity contribution in [2.24, 2.45) is 4.36 Å². The smallest absolute Gasteiger partial charge is 0.493 e. The molecule has 14 heteroatoms. The van der Waals surface area contributed by atoms with Crippen LogP contribution in [0, 0.1) is 5.82 Å². The average molecular weight is 688 g/mol. The summed E-state index contributed by atoms with van der Waals surface area (Å²) in [6.45, 7) is 0.109. The highest BCUT2D eigenvalue weighted by Crippen LogP contribution is 2.36. The van der Waals surface area contributed by atoms with Crippen molar-refractivity contribution < 1.29 is 45.5 Å². The lowest BCUT2D eigenvalue weighted by Crippen LogP contribution is -2.48. The lowest BCUT2D eigenvalue weighted by atomic mass is 9.90. The highest BCUT2D eigenvalue weighted by Gasteiger charge is 2.44. The minimum Gasteiger partial charge on any atom is -0.493 e. The van der Waals surface area contributed by atoms with Crippen LogP contribution in [0.5, 0.6) is 17.2 Å². The van der Waals surface area contributed by atoms with Crippen LogP contribution in [0.2, 0.25) is 0 Å². The monoisotopic (exact) mass is 687 g/mol. The molecule has 1 saturated heterocycles. The van der Waals surface area contributed by atoms with Gasteiger partial charge < -0.3 is 23.8 Å². The van der Waals surface area contributed by atoms with E-state index in [1.807, 2.05) is 30.3 Å². The lowest BCUT2D eigenvalue weighted by molar-refractivity contribution is -0.274. The molecule has 2 atom stereocenters. The van der Waals surface area contributed by atoms with Crippen LogP contribution in [-0.2, 0) is 33.3 Å². The maximum absolute atomic E-state index is 15.0. The Bertz CT molecular complexity index is 1830. The van der Waals surface area contributed by atoms with Crippen LogP contribution in [0.15, 0.2) is 106 Å². The number of carbonyl (C=O) groups excluding carboxylic acids is 1. The summed E-state index contributed by atoms with van der Waals surface area (Å²) < 4.78 is 95.7. The highest BCUT2D eigenvalue weighted by atomic mass is 32.2. The summed E-state index contributed by atoms with van der Waals surface area (Å²) in [5, 5.41) is 0. The fraction of sp³-hybridized carbons (Fsp3) is 0.265. The second-order valence-electron chi connectivity index (χ2n) is 10.9. The molecular formula is C34H33F4N3O6S. The van der Waals surface area contributed by atoms with Gasteiger partial charge in [0, 0.05) is 13.1 Å². The van der Waals surface area contributed by atoms with Crippen molar-refractivity contribution in [1.29, 1.82) is 0 Å².